The number of amides is 1. The predicted molar refractivity (Wildman–Crippen MR) is 85.7 cm³/mol. The number of likely N-dealkylation sites (N-methyl/N-ethyl adjacent to an activating group) is 1. The Hall–Kier alpha value is -1.69. The van der Waals surface area contributed by atoms with Crippen molar-refractivity contribution in [2.45, 2.75) is 19.3 Å². The molecule has 0 N–H and O–H groups in total. The first-order chi connectivity index (χ1) is 10.6. The van der Waals surface area contributed by atoms with E-state index in [1.54, 1.807) is 12.4 Å². The fourth-order valence-corrected chi connectivity index (χ4v) is 3.56. The van der Waals surface area contributed by atoms with Crippen LogP contribution in [0.4, 0.5) is 5.95 Å². The molecule has 6 nitrogen and oxygen atoms in total. The van der Waals surface area contributed by atoms with Crippen molar-refractivity contribution in [1.29, 1.82) is 0 Å². The molecule has 1 atom stereocenters. The number of hydrogen-bond donors (Lipinski definition) is 0. The molecular formula is C16H25N5O. The first-order valence-electron chi connectivity index (χ1n) is 8.07. The van der Waals surface area contributed by atoms with Crippen LogP contribution in [-0.4, -0.2) is 72.5 Å². The standard InChI is InChI=1S/C16H25N5O/c1-19(2)11-12-20-10-6-16(14(20)22)5-3-9-21(13-16)15-17-7-4-8-18-15/h4,7-8H,3,5-6,9-13H2,1-2H3/t16-/m1/s1. The molecule has 0 aromatic carbocycles. The highest BCUT2D eigenvalue weighted by atomic mass is 16.2. The molecule has 6 heteroatoms. The summed E-state index contributed by atoms with van der Waals surface area (Å²) < 4.78 is 0. The Morgan fingerprint density at radius 3 is 2.73 bits per heavy atom. The molecule has 0 bridgehead atoms. The van der Waals surface area contributed by atoms with Gasteiger partial charge in [0.15, 0.2) is 0 Å². The molecule has 22 heavy (non-hydrogen) atoms. The molecular weight excluding hydrogens is 278 g/mol. The molecule has 2 aliphatic rings. The summed E-state index contributed by atoms with van der Waals surface area (Å²) in [5, 5.41) is 0. The van der Waals surface area contributed by atoms with Gasteiger partial charge in [0.05, 0.1) is 5.41 Å². The zero-order valence-electron chi connectivity index (χ0n) is 13.5. The van der Waals surface area contributed by atoms with Crippen molar-refractivity contribution >= 4 is 11.9 Å². The first kappa shape index (κ1) is 15.2. The summed E-state index contributed by atoms with van der Waals surface area (Å²) in [4.78, 5) is 27.9. The molecule has 1 aromatic rings. The monoisotopic (exact) mass is 303 g/mol. The number of carbonyl (C=O) groups is 1. The molecule has 2 saturated heterocycles. The van der Waals surface area contributed by atoms with E-state index in [2.05, 4.69) is 19.8 Å². The van der Waals surface area contributed by atoms with Crippen LogP contribution in [0.5, 0.6) is 0 Å². The van der Waals surface area contributed by atoms with Gasteiger partial charge >= 0.3 is 0 Å². The fraction of sp³-hybridized carbons (Fsp3) is 0.688. The van der Waals surface area contributed by atoms with Crippen LogP contribution in [-0.2, 0) is 4.79 Å². The van der Waals surface area contributed by atoms with Crippen molar-refractivity contribution in [1.82, 2.24) is 19.8 Å². The van der Waals surface area contributed by atoms with Crippen LogP contribution in [0.1, 0.15) is 19.3 Å². The molecule has 3 rings (SSSR count). The van der Waals surface area contributed by atoms with E-state index in [4.69, 9.17) is 0 Å². The van der Waals surface area contributed by atoms with Crippen LogP contribution in [0.25, 0.3) is 0 Å². The van der Waals surface area contributed by atoms with Gasteiger partial charge in [0.2, 0.25) is 11.9 Å². The highest BCUT2D eigenvalue weighted by Crippen LogP contribution is 2.40. The summed E-state index contributed by atoms with van der Waals surface area (Å²) in [6, 6.07) is 1.83. The molecule has 1 spiro atoms. The van der Waals surface area contributed by atoms with Crippen LogP contribution >= 0.6 is 0 Å². The Balaban J connectivity index is 1.70. The average Bonchev–Trinajstić information content (AvgIpc) is 2.83. The van der Waals surface area contributed by atoms with Gasteiger partial charge in [-0.1, -0.05) is 0 Å². The maximum Gasteiger partial charge on any atom is 0.230 e. The second-order valence-corrected chi connectivity index (χ2v) is 6.70. The maximum atomic E-state index is 12.9. The number of likely N-dealkylation sites (tertiary alicyclic amines) is 1. The lowest BCUT2D eigenvalue weighted by Gasteiger charge is -2.39. The van der Waals surface area contributed by atoms with E-state index in [0.717, 1.165) is 57.9 Å². The number of anilines is 1. The van der Waals surface area contributed by atoms with E-state index >= 15 is 0 Å². The van der Waals surface area contributed by atoms with E-state index in [-0.39, 0.29) is 5.41 Å². The minimum Gasteiger partial charge on any atom is -0.341 e. The number of hydrogen-bond acceptors (Lipinski definition) is 5. The van der Waals surface area contributed by atoms with Gasteiger partial charge in [0.25, 0.3) is 0 Å². The third-order valence-corrected chi connectivity index (χ3v) is 4.83. The van der Waals surface area contributed by atoms with E-state index in [1.807, 2.05) is 25.1 Å². The number of nitrogens with zero attached hydrogens (tertiary/aromatic N) is 5. The predicted octanol–water partition coefficient (Wildman–Crippen LogP) is 0.857. The Bertz CT molecular complexity index is 521. The van der Waals surface area contributed by atoms with E-state index in [0.29, 0.717) is 5.91 Å². The minimum absolute atomic E-state index is 0.218. The third-order valence-electron chi connectivity index (χ3n) is 4.83. The zero-order chi connectivity index (χ0) is 15.6. The Labute approximate surface area is 132 Å². The molecule has 1 aromatic heterocycles. The van der Waals surface area contributed by atoms with Gasteiger partial charge in [-0.2, -0.15) is 0 Å². The highest BCUT2D eigenvalue weighted by molar-refractivity contribution is 5.85. The second kappa shape index (κ2) is 6.20. The Morgan fingerprint density at radius 1 is 1.23 bits per heavy atom. The smallest absolute Gasteiger partial charge is 0.230 e. The van der Waals surface area contributed by atoms with Crippen molar-refractivity contribution in [2.75, 3.05) is 51.7 Å². The van der Waals surface area contributed by atoms with Crippen molar-refractivity contribution in [2.24, 2.45) is 5.41 Å². The van der Waals surface area contributed by atoms with Crippen molar-refractivity contribution in [3.63, 3.8) is 0 Å². The first-order valence-corrected chi connectivity index (χ1v) is 8.07. The fourth-order valence-electron chi connectivity index (χ4n) is 3.56. The Kier molecular flexibility index (Phi) is 4.29. The zero-order valence-corrected chi connectivity index (χ0v) is 13.5. The van der Waals surface area contributed by atoms with Crippen LogP contribution in [0.15, 0.2) is 18.5 Å². The maximum absolute atomic E-state index is 12.9. The molecule has 1 amide bonds. The van der Waals surface area contributed by atoms with Gasteiger partial charge in [0.1, 0.15) is 0 Å². The summed E-state index contributed by atoms with van der Waals surface area (Å²) >= 11 is 0. The van der Waals surface area contributed by atoms with Crippen LogP contribution in [0.3, 0.4) is 0 Å². The number of aromatic nitrogens is 2. The normalized spacial score (nSPS) is 25.5. The van der Waals surface area contributed by atoms with Gasteiger partial charge in [-0.25, -0.2) is 9.97 Å². The second-order valence-electron chi connectivity index (χ2n) is 6.70. The number of piperidine rings is 1. The summed E-state index contributed by atoms with van der Waals surface area (Å²) in [5.74, 6) is 1.08. The summed E-state index contributed by atoms with van der Waals surface area (Å²) in [5.41, 5.74) is -0.218. The van der Waals surface area contributed by atoms with E-state index in [9.17, 15) is 4.79 Å². The summed E-state index contributed by atoms with van der Waals surface area (Å²) in [7, 11) is 4.09. The minimum atomic E-state index is -0.218. The SMILES string of the molecule is CN(C)CCN1CC[C@@]2(CCCN(c3ncccn3)C2)C1=O. The number of rotatable bonds is 4. The Morgan fingerprint density at radius 2 is 2.00 bits per heavy atom. The van der Waals surface area contributed by atoms with Gasteiger partial charge in [-0.15, -0.1) is 0 Å². The van der Waals surface area contributed by atoms with Gasteiger partial charge in [-0.05, 0) is 39.4 Å². The van der Waals surface area contributed by atoms with Crippen molar-refractivity contribution in [3.8, 4) is 0 Å². The molecule has 2 aliphatic heterocycles. The van der Waals surface area contributed by atoms with Gasteiger partial charge < -0.3 is 14.7 Å². The largest absolute Gasteiger partial charge is 0.341 e. The topological polar surface area (TPSA) is 52.6 Å². The summed E-state index contributed by atoms with van der Waals surface area (Å²) in [6.45, 7) is 4.34. The lowest BCUT2D eigenvalue weighted by molar-refractivity contribution is -0.136. The quantitative estimate of drug-likeness (QED) is 0.826. The molecule has 0 aliphatic carbocycles. The van der Waals surface area contributed by atoms with Crippen molar-refractivity contribution in [3.05, 3.63) is 18.5 Å². The van der Waals surface area contributed by atoms with Gasteiger partial charge in [0, 0.05) is 45.1 Å². The van der Waals surface area contributed by atoms with Crippen molar-refractivity contribution < 1.29 is 4.79 Å². The molecule has 0 saturated carbocycles. The van der Waals surface area contributed by atoms with E-state index < -0.39 is 0 Å². The molecule has 120 valence electrons. The molecule has 0 radical (unpaired) electrons. The summed E-state index contributed by atoms with van der Waals surface area (Å²) in [6.07, 6.45) is 6.52. The molecule has 0 unspecified atom stereocenters. The highest BCUT2D eigenvalue weighted by Gasteiger charge is 2.49. The third kappa shape index (κ3) is 2.92. The van der Waals surface area contributed by atoms with E-state index in [1.165, 1.54) is 0 Å². The van der Waals surface area contributed by atoms with Crippen LogP contribution in [0, 0.1) is 5.41 Å². The van der Waals surface area contributed by atoms with Crippen LogP contribution in [0.2, 0.25) is 0 Å². The molecule has 2 fully saturated rings. The lowest BCUT2D eigenvalue weighted by Crippen LogP contribution is -2.49. The lowest BCUT2D eigenvalue weighted by atomic mass is 9.78. The molecule has 3 heterocycles. The number of carbonyl (C=O) groups excluding carboxylic acids is 1. The van der Waals surface area contributed by atoms with Gasteiger partial charge in [-0.3, -0.25) is 4.79 Å². The van der Waals surface area contributed by atoms with Crippen LogP contribution < -0.4 is 4.90 Å². The average molecular weight is 303 g/mol.